The maximum atomic E-state index is 10.6. The van der Waals surface area contributed by atoms with Crippen molar-refractivity contribution >= 4 is 80.7 Å². The van der Waals surface area contributed by atoms with E-state index in [1.807, 2.05) is 0 Å². The Labute approximate surface area is 168 Å². The van der Waals surface area contributed by atoms with Gasteiger partial charge in [-0.1, -0.05) is 0 Å². The Bertz CT molecular complexity index is 327. The Balaban J connectivity index is -0.00000180. The van der Waals surface area contributed by atoms with Crippen LogP contribution in [0.15, 0.2) is 0 Å². The number of aliphatic carboxylic acids is 4. The molecule has 0 amide bonds. The molecule has 4 N–H and O–H groups in total. The topological polar surface area (TPSA) is 156 Å². The fraction of sp³-hybridized carbons (Fsp3) is 0.600. The molecule has 0 rings (SSSR count). The summed E-state index contributed by atoms with van der Waals surface area (Å²) in [6.07, 6.45) is 0. The number of carboxylic acid groups (broad SMARTS) is 4. The maximum absolute atomic E-state index is 10.6. The third-order valence-corrected chi connectivity index (χ3v) is 2.17. The van der Waals surface area contributed by atoms with E-state index in [2.05, 4.69) is 0 Å². The molecule has 0 fully saturated rings. The predicted octanol–water partition coefficient (Wildman–Crippen LogP) is -2.83. The van der Waals surface area contributed by atoms with Crippen LogP contribution >= 0.6 is 0 Å². The average molecular weight is 522 g/mol. The minimum atomic E-state index is -1.23. The summed E-state index contributed by atoms with van der Waals surface area (Å²) in [5, 5.41) is 34.5. The number of hydrogen-bond acceptors (Lipinski definition) is 6. The Morgan fingerprint density at radius 3 is 0.909 bits per heavy atom. The molecule has 12 heteroatoms. The van der Waals surface area contributed by atoms with E-state index in [0.29, 0.717) is 0 Å². The van der Waals surface area contributed by atoms with Crippen LogP contribution in [-0.2, 0) is 19.2 Å². The van der Waals surface area contributed by atoms with Gasteiger partial charge in [-0.15, -0.1) is 0 Å². The molecule has 0 atom stereocenters. The summed E-state index contributed by atoms with van der Waals surface area (Å²) in [7, 11) is 0. The zero-order valence-electron chi connectivity index (χ0n) is 12.1. The predicted molar refractivity (Wildman–Crippen MR) is 74.9 cm³/mol. The normalized spacial score (nSPS) is 9.73. The molecule has 0 aromatic carbocycles. The van der Waals surface area contributed by atoms with E-state index in [1.54, 1.807) is 0 Å². The van der Waals surface area contributed by atoms with Gasteiger partial charge in [0.05, 0.1) is 26.2 Å². The molecule has 0 aliphatic heterocycles. The number of hydrogen-bond donors (Lipinski definition) is 4. The van der Waals surface area contributed by atoms with E-state index in [9.17, 15) is 19.2 Å². The van der Waals surface area contributed by atoms with E-state index in [4.69, 9.17) is 20.4 Å². The van der Waals surface area contributed by atoms with Gasteiger partial charge >= 0.3 is 23.9 Å². The molecule has 119 valence electrons. The Kier molecular flexibility index (Phi) is 17.3. The summed E-state index contributed by atoms with van der Waals surface area (Å²) in [4.78, 5) is 44.4. The molecule has 0 aliphatic carbocycles. The second kappa shape index (κ2) is 14.3. The van der Waals surface area contributed by atoms with Crippen LogP contribution in [0.5, 0.6) is 0 Å². The van der Waals surface area contributed by atoms with E-state index < -0.39 is 50.1 Å². The average Bonchev–Trinajstić information content (AvgIpc) is 2.22. The Hall–Kier alpha value is -0.278. The maximum Gasteiger partial charge on any atom is 0.317 e. The second-order valence-corrected chi connectivity index (χ2v) is 4.00. The first-order chi connectivity index (χ1) is 9.20. The summed E-state index contributed by atoms with van der Waals surface area (Å²) >= 11 is 0. The minimum Gasteiger partial charge on any atom is -0.480 e. The summed E-state index contributed by atoms with van der Waals surface area (Å²) in [6, 6.07) is 0. The smallest absolute Gasteiger partial charge is 0.317 e. The van der Waals surface area contributed by atoms with Crippen LogP contribution in [0.2, 0.25) is 0 Å². The van der Waals surface area contributed by atoms with Crippen LogP contribution in [0.25, 0.3) is 0 Å². The van der Waals surface area contributed by atoms with Crippen molar-refractivity contribution < 1.29 is 39.6 Å². The van der Waals surface area contributed by atoms with Gasteiger partial charge in [0.15, 0.2) is 0 Å². The largest absolute Gasteiger partial charge is 0.480 e. The first kappa shape index (κ1) is 26.6. The van der Waals surface area contributed by atoms with E-state index in [0.717, 1.165) is 9.80 Å². The van der Waals surface area contributed by atoms with Gasteiger partial charge in [-0.3, -0.25) is 29.0 Å². The van der Waals surface area contributed by atoms with Crippen molar-refractivity contribution in [3.63, 3.8) is 0 Å². The van der Waals surface area contributed by atoms with E-state index in [-0.39, 0.29) is 69.9 Å². The zero-order chi connectivity index (χ0) is 15.7. The van der Waals surface area contributed by atoms with Crippen molar-refractivity contribution in [2.24, 2.45) is 0 Å². The molecule has 0 unspecified atom stereocenters. The molecule has 0 spiro atoms. The van der Waals surface area contributed by atoms with E-state index in [1.165, 1.54) is 0 Å². The van der Waals surface area contributed by atoms with Crippen molar-refractivity contribution in [2.75, 3.05) is 39.3 Å². The Morgan fingerprint density at radius 1 is 0.591 bits per heavy atom. The molecule has 0 bridgehead atoms. The third kappa shape index (κ3) is 16.1. The molecular weight excluding hydrogens is 506 g/mol. The zero-order valence-corrected chi connectivity index (χ0v) is 17.9. The summed E-state index contributed by atoms with van der Waals surface area (Å²) < 4.78 is 0. The van der Waals surface area contributed by atoms with Crippen LogP contribution in [0.4, 0.5) is 0 Å². The molecule has 22 heavy (non-hydrogen) atoms. The summed E-state index contributed by atoms with van der Waals surface area (Å²) in [6.45, 7) is -2.25. The van der Waals surface area contributed by atoms with Gasteiger partial charge in [0.25, 0.3) is 0 Å². The van der Waals surface area contributed by atoms with Gasteiger partial charge < -0.3 is 20.4 Å². The second-order valence-electron chi connectivity index (χ2n) is 4.00. The van der Waals surface area contributed by atoms with Gasteiger partial charge in [0, 0.05) is 69.9 Å². The van der Waals surface area contributed by atoms with Gasteiger partial charge in [-0.25, -0.2) is 0 Å². The van der Waals surface area contributed by atoms with Crippen LogP contribution in [-0.4, -0.2) is 150 Å². The molecule has 0 aromatic rings. The fourth-order valence-corrected chi connectivity index (χ4v) is 1.48. The Morgan fingerprint density at radius 2 is 0.773 bits per heavy atom. The van der Waals surface area contributed by atoms with Gasteiger partial charge in [-0.2, -0.15) is 0 Å². The van der Waals surface area contributed by atoms with Crippen LogP contribution in [0.1, 0.15) is 0 Å². The van der Waals surface area contributed by atoms with Crippen LogP contribution in [0, 0.1) is 0 Å². The standard InChI is InChI=1S/C10H16N2O8.Na.Pb/c13-7(14)3-11(4-8(15)16)1-2-12(5-9(17)18)6-10(19)20;;/h1-6H2,(H,13,14)(H,15,16)(H,17,18)(H,19,20);;. The molecule has 0 aromatic heterocycles. The van der Waals surface area contributed by atoms with Crippen molar-refractivity contribution in [3.05, 3.63) is 0 Å². The quantitative estimate of drug-likeness (QED) is 0.209. The molecule has 10 nitrogen and oxygen atoms in total. The van der Waals surface area contributed by atoms with Gasteiger partial charge in [0.1, 0.15) is 0 Å². The molecule has 0 saturated heterocycles. The van der Waals surface area contributed by atoms with Crippen molar-refractivity contribution in [3.8, 4) is 0 Å². The minimum absolute atomic E-state index is 0. The number of carbonyl (C=O) groups is 4. The first-order valence-corrected chi connectivity index (χ1v) is 5.52. The van der Waals surface area contributed by atoms with Gasteiger partial charge in [0.2, 0.25) is 0 Å². The molecular formula is C10H16N2NaO8Pb. The van der Waals surface area contributed by atoms with Gasteiger partial charge in [-0.05, 0) is 0 Å². The van der Waals surface area contributed by atoms with E-state index >= 15 is 0 Å². The third-order valence-electron chi connectivity index (χ3n) is 2.17. The fourth-order valence-electron chi connectivity index (χ4n) is 1.48. The van der Waals surface area contributed by atoms with Crippen LogP contribution < -0.4 is 0 Å². The van der Waals surface area contributed by atoms with Crippen molar-refractivity contribution in [1.82, 2.24) is 9.80 Å². The molecule has 0 heterocycles. The molecule has 0 saturated carbocycles. The summed E-state index contributed by atoms with van der Waals surface area (Å²) in [5.41, 5.74) is 0. The number of carboxylic acids is 4. The molecule has 0 aliphatic rings. The number of nitrogens with zero attached hydrogens (tertiary/aromatic N) is 2. The van der Waals surface area contributed by atoms with Crippen molar-refractivity contribution in [2.45, 2.75) is 0 Å². The SMILES string of the molecule is O=C(O)CN(CCN(CC(=O)O)CC(=O)O)CC(=O)O.[Na].[Pb]. The summed E-state index contributed by atoms with van der Waals surface area (Å²) in [5.74, 6) is -4.91. The first-order valence-electron chi connectivity index (χ1n) is 5.52. The molecule has 5 radical (unpaired) electrons. The monoisotopic (exact) mass is 523 g/mol. The van der Waals surface area contributed by atoms with Crippen LogP contribution in [0.3, 0.4) is 0 Å². The number of rotatable bonds is 11. The van der Waals surface area contributed by atoms with Crippen molar-refractivity contribution in [1.29, 1.82) is 0 Å².